The Morgan fingerprint density at radius 1 is 1.38 bits per heavy atom. The predicted molar refractivity (Wildman–Crippen MR) is 57.4 cm³/mol. The van der Waals surface area contributed by atoms with Crippen LogP contribution in [-0.4, -0.2) is 4.98 Å². The van der Waals surface area contributed by atoms with E-state index in [-0.39, 0.29) is 0 Å². The van der Waals surface area contributed by atoms with Gasteiger partial charge in [0.15, 0.2) is 0 Å². The first kappa shape index (κ1) is 8.78. The molecule has 0 aromatic carbocycles. The maximum absolute atomic E-state index is 4.25. The third-order valence-electron chi connectivity index (χ3n) is 1.57. The lowest BCUT2D eigenvalue weighted by atomic mass is 10.5. The molecule has 0 N–H and O–H groups in total. The molecule has 0 radical (unpaired) electrons. The summed E-state index contributed by atoms with van der Waals surface area (Å²) in [5, 5.41) is 3.22. The third kappa shape index (κ3) is 2.32. The smallest absolute Gasteiger partial charge is 0.101 e. The van der Waals surface area contributed by atoms with Gasteiger partial charge in [-0.15, -0.1) is 11.3 Å². The minimum atomic E-state index is 1.06. The van der Waals surface area contributed by atoms with Gasteiger partial charge in [0, 0.05) is 21.3 Å². The Morgan fingerprint density at radius 3 is 2.92 bits per heavy atom. The third-order valence-corrected chi connectivity index (χ3v) is 3.50. The van der Waals surface area contributed by atoms with Crippen LogP contribution in [0, 0.1) is 6.92 Å². The van der Waals surface area contributed by atoms with Gasteiger partial charge in [-0.25, -0.2) is 4.98 Å². The first-order valence-electron chi connectivity index (χ1n) is 3.98. The van der Waals surface area contributed by atoms with Crippen LogP contribution in [-0.2, 0) is 0 Å². The molecule has 2 aromatic rings. The SMILES string of the molecule is Cc1cc(Sc2ccccn2)cs1. The molecular weight excluding hydrogens is 198 g/mol. The highest BCUT2D eigenvalue weighted by Crippen LogP contribution is 2.29. The summed E-state index contributed by atoms with van der Waals surface area (Å²) in [5.41, 5.74) is 0. The van der Waals surface area contributed by atoms with E-state index in [1.807, 2.05) is 24.4 Å². The molecule has 13 heavy (non-hydrogen) atoms. The maximum Gasteiger partial charge on any atom is 0.101 e. The van der Waals surface area contributed by atoms with Gasteiger partial charge in [0.1, 0.15) is 5.03 Å². The fourth-order valence-corrected chi connectivity index (χ4v) is 2.71. The van der Waals surface area contributed by atoms with Crippen molar-refractivity contribution < 1.29 is 0 Å². The lowest BCUT2D eigenvalue weighted by Crippen LogP contribution is -1.74. The molecule has 0 aliphatic rings. The summed E-state index contributed by atoms with van der Waals surface area (Å²) < 4.78 is 0. The number of thiophene rings is 1. The zero-order chi connectivity index (χ0) is 9.10. The lowest BCUT2D eigenvalue weighted by molar-refractivity contribution is 1.13. The first-order valence-corrected chi connectivity index (χ1v) is 5.68. The average molecular weight is 207 g/mol. The summed E-state index contributed by atoms with van der Waals surface area (Å²) in [6, 6.07) is 8.15. The zero-order valence-corrected chi connectivity index (χ0v) is 8.86. The highest BCUT2D eigenvalue weighted by Gasteiger charge is 1.99. The van der Waals surface area contributed by atoms with E-state index >= 15 is 0 Å². The molecule has 0 saturated carbocycles. The average Bonchev–Trinajstić information content (AvgIpc) is 2.53. The van der Waals surface area contributed by atoms with E-state index < -0.39 is 0 Å². The molecule has 66 valence electrons. The van der Waals surface area contributed by atoms with Gasteiger partial charge in [-0.3, -0.25) is 0 Å². The van der Waals surface area contributed by atoms with E-state index in [9.17, 15) is 0 Å². The predicted octanol–water partition coefficient (Wildman–Crippen LogP) is 3.60. The molecule has 0 aliphatic heterocycles. The van der Waals surface area contributed by atoms with Gasteiger partial charge in [-0.05, 0) is 25.1 Å². The highest BCUT2D eigenvalue weighted by atomic mass is 32.2. The quantitative estimate of drug-likeness (QED) is 0.746. The van der Waals surface area contributed by atoms with Gasteiger partial charge < -0.3 is 0 Å². The molecule has 2 rings (SSSR count). The number of aromatic nitrogens is 1. The van der Waals surface area contributed by atoms with Crippen molar-refractivity contribution in [2.45, 2.75) is 16.8 Å². The van der Waals surface area contributed by atoms with Crippen molar-refractivity contribution in [1.82, 2.24) is 4.98 Å². The van der Waals surface area contributed by atoms with Gasteiger partial charge in [0.05, 0.1) is 0 Å². The van der Waals surface area contributed by atoms with E-state index in [1.165, 1.54) is 9.77 Å². The first-order chi connectivity index (χ1) is 6.34. The summed E-state index contributed by atoms with van der Waals surface area (Å²) in [6.07, 6.45) is 1.82. The van der Waals surface area contributed by atoms with Gasteiger partial charge >= 0.3 is 0 Å². The molecule has 0 unspecified atom stereocenters. The second-order valence-electron chi connectivity index (χ2n) is 2.66. The number of hydrogen-bond acceptors (Lipinski definition) is 3. The topological polar surface area (TPSA) is 12.9 Å². The molecular formula is C10H9NS2. The van der Waals surface area contributed by atoms with Crippen molar-refractivity contribution >= 4 is 23.1 Å². The lowest BCUT2D eigenvalue weighted by Gasteiger charge is -1.94. The largest absolute Gasteiger partial charge is 0.250 e. The minimum Gasteiger partial charge on any atom is -0.250 e. The number of pyridine rings is 1. The highest BCUT2D eigenvalue weighted by molar-refractivity contribution is 7.99. The Bertz CT molecular complexity index is 381. The van der Waals surface area contributed by atoms with E-state index in [4.69, 9.17) is 0 Å². The van der Waals surface area contributed by atoms with Crippen LogP contribution < -0.4 is 0 Å². The number of nitrogens with zero attached hydrogens (tertiary/aromatic N) is 1. The monoisotopic (exact) mass is 207 g/mol. The van der Waals surface area contributed by atoms with Crippen molar-refractivity contribution in [3.8, 4) is 0 Å². The maximum atomic E-state index is 4.25. The van der Waals surface area contributed by atoms with Crippen molar-refractivity contribution in [1.29, 1.82) is 0 Å². The summed E-state index contributed by atoms with van der Waals surface area (Å²) in [7, 11) is 0. The number of hydrogen-bond donors (Lipinski definition) is 0. The molecule has 1 nitrogen and oxygen atoms in total. The Morgan fingerprint density at radius 2 is 2.31 bits per heavy atom. The van der Waals surface area contributed by atoms with Crippen LogP contribution in [0.3, 0.4) is 0 Å². The zero-order valence-electron chi connectivity index (χ0n) is 7.23. The second kappa shape index (κ2) is 3.94. The second-order valence-corrected chi connectivity index (χ2v) is 4.87. The van der Waals surface area contributed by atoms with Crippen LogP contribution in [0.2, 0.25) is 0 Å². The van der Waals surface area contributed by atoms with E-state index in [2.05, 4.69) is 23.4 Å². The van der Waals surface area contributed by atoms with E-state index in [0.717, 1.165) is 5.03 Å². The van der Waals surface area contributed by atoms with Crippen LogP contribution in [0.1, 0.15) is 4.88 Å². The minimum absolute atomic E-state index is 1.06. The standard InChI is InChI=1S/C10H9NS2/c1-8-6-9(7-12-8)13-10-4-2-3-5-11-10/h2-7H,1H3. The fourth-order valence-electron chi connectivity index (χ4n) is 1.00. The molecule has 2 heterocycles. The van der Waals surface area contributed by atoms with Crippen molar-refractivity contribution in [2.75, 3.05) is 0 Å². The van der Waals surface area contributed by atoms with Crippen LogP contribution >= 0.6 is 23.1 Å². The molecule has 0 saturated heterocycles. The Labute approximate surface area is 85.8 Å². The van der Waals surface area contributed by atoms with E-state index in [1.54, 1.807) is 23.1 Å². The number of rotatable bonds is 2. The van der Waals surface area contributed by atoms with Crippen LogP contribution in [0.25, 0.3) is 0 Å². The van der Waals surface area contributed by atoms with E-state index in [0.29, 0.717) is 0 Å². The van der Waals surface area contributed by atoms with Crippen LogP contribution in [0.15, 0.2) is 45.8 Å². The Balaban J connectivity index is 2.15. The number of aryl methyl sites for hydroxylation is 1. The molecule has 3 heteroatoms. The molecule has 0 spiro atoms. The van der Waals surface area contributed by atoms with Crippen LogP contribution in [0.4, 0.5) is 0 Å². The van der Waals surface area contributed by atoms with Crippen LogP contribution in [0.5, 0.6) is 0 Å². The summed E-state index contributed by atoms with van der Waals surface area (Å²) in [5.74, 6) is 0. The van der Waals surface area contributed by atoms with Gasteiger partial charge in [0.2, 0.25) is 0 Å². The normalized spacial score (nSPS) is 10.2. The Hall–Kier alpha value is -0.800. The molecule has 0 amide bonds. The Kier molecular flexibility index (Phi) is 2.66. The fraction of sp³-hybridized carbons (Fsp3) is 0.100. The van der Waals surface area contributed by atoms with Gasteiger partial charge in [-0.2, -0.15) is 0 Å². The molecule has 0 aliphatic carbocycles. The molecule has 2 aromatic heterocycles. The van der Waals surface area contributed by atoms with Crippen molar-refractivity contribution in [2.24, 2.45) is 0 Å². The molecule has 0 fully saturated rings. The summed E-state index contributed by atoms with van der Waals surface area (Å²) in [6.45, 7) is 2.12. The molecule has 0 bridgehead atoms. The van der Waals surface area contributed by atoms with Crippen molar-refractivity contribution in [3.05, 3.63) is 40.7 Å². The summed E-state index contributed by atoms with van der Waals surface area (Å²) in [4.78, 5) is 6.88. The molecule has 0 atom stereocenters. The van der Waals surface area contributed by atoms with Gasteiger partial charge in [-0.1, -0.05) is 17.8 Å². The summed E-state index contributed by atoms with van der Waals surface area (Å²) >= 11 is 3.48. The van der Waals surface area contributed by atoms with Crippen molar-refractivity contribution in [3.63, 3.8) is 0 Å². The van der Waals surface area contributed by atoms with Gasteiger partial charge in [0.25, 0.3) is 0 Å².